The Hall–Kier alpha value is -0.120. The second-order valence-electron chi connectivity index (χ2n) is 5.34. The van der Waals surface area contributed by atoms with E-state index in [1.807, 2.05) is 0 Å². The van der Waals surface area contributed by atoms with Crippen LogP contribution in [0.2, 0.25) is 0 Å². The summed E-state index contributed by atoms with van der Waals surface area (Å²) in [6, 6.07) is 0.658. The number of rotatable bonds is 8. The highest BCUT2D eigenvalue weighted by Crippen LogP contribution is 2.33. The summed E-state index contributed by atoms with van der Waals surface area (Å²) in [7, 11) is 0. The van der Waals surface area contributed by atoms with Crippen LogP contribution in [0.25, 0.3) is 0 Å². The molecule has 2 rings (SSSR count). The first-order chi connectivity index (χ1) is 7.84. The van der Waals surface area contributed by atoms with Gasteiger partial charge in [0.1, 0.15) is 0 Å². The van der Waals surface area contributed by atoms with Crippen molar-refractivity contribution in [3.05, 3.63) is 0 Å². The zero-order valence-electron chi connectivity index (χ0n) is 10.4. The van der Waals surface area contributed by atoms with Crippen molar-refractivity contribution in [2.75, 3.05) is 33.0 Å². The molecule has 2 aliphatic rings. The lowest BCUT2D eigenvalue weighted by Crippen LogP contribution is -2.30. The van der Waals surface area contributed by atoms with E-state index >= 15 is 0 Å². The summed E-state index contributed by atoms with van der Waals surface area (Å²) in [6.45, 7) is 6.80. The average molecular weight is 227 g/mol. The Balaban J connectivity index is 1.39. The fourth-order valence-electron chi connectivity index (χ4n) is 2.28. The van der Waals surface area contributed by atoms with Gasteiger partial charge >= 0.3 is 0 Å². The van der Waals surface area contributed by atoms with Gasteiger partial charge in [0.25, 0.3) is 0 Å². The van der Waals surface area contributed by atoms with Crippen LogP contribution in [0.3, 0.4) is 0 Å². The van der Waals surface area contributed by atoms with Crippen LogP contribution in [-0.4, -0.2) is 39.0 Å². The van der Waals surface area contributed by atoms with Gasteiger partial charge < -0.3 is 14.8 Å². The van der Waals surface area contributed by atoms with Crippen LogP contribution >= 0.6 is 0 Å². The Morgan fingerprint density at radius 1 is 1.31 bits per heavy atom. The van der Waals surface area contributed by atoms with Crippen LogP contribution in [0, 0.1) is 11.8 Å². The highest BCUT2D eigenvalue weighted by molar-refractivity contribution is 4.77. The molecule has 0 bridgehead atoms. The van der Waals surface area contributed by atoms with Crippen molar-refractivity contribution in [1.29, 1.82) is 0 Å². The van der Waals surface area contributed by atoms with Crippen LogP contribution < -0.4 is 5.32 Å². The topological polar surface area (TPSA) is 30.5 Å². The third-order valence-corrected chi connectivity index (χ3v) is 3.50. The zero-order valence-corrected chi connectivity index (χ0v) is 10.4. The van der Waals surface area contributed by atoms with Gasteiger partial charge in [-0.25, -0.2) is 0 Å². The summed E-state index contributed by atoms with van der Waals surface area (Å²) in [5.74, 6) is 1.66. The zero-order chi connectivity index (χ0) is 11.2. The fraction of sp³-hybridized carbons (Fsp3) is 1.00. The maximum absolute atomic E-state index is 5.65. The van der Waals surface area contributed by atoms with Crippen LogP contribution in [0.5, 0.6) is 0 Å². The van der Waals surface area contributed by atoms with Gasteiger partial charge in [0.15, 0.2) is 0 Å². The first kappa shape index (κ1) is 12.3. The number of hydrogen-bond acceptors (Lipinski definition) is 3. The lowest BCUT2D eigenvalue weighted by Gasteiger charge is -2.14. The Morgan fingerprint density at radius 3 is 2.88 bits per heavy atom. The molecule has 1 aliphatic carbocycles. The summed E-state index contributed by atoms with van der Waals surface area (Å²) in [6.07, 6.45) is 5.41. The molecule has 0 radical (unpaired) electrons. The normalized spacial score (nSPS) is 27.2. The minimum atomic E-state index is 0.642. The van der Waals surface area contributed by atoms with Crippen molar-refractivity contribution in [2.24, 2.45) is 11.8 Å². The van der Waals surface area contributed by atoms with Crippen molar-refractivity contribution in [1.82, 2.24) is 5.32 Å². The molecule has 0 aromatic heterocycles. The highest BCUT2D eigenvalue weighted by Gasteiger charge is 2.23. The summed E-state index contributed by atoms with van der Waals surface area (Å²) < 4.78 is 11.0. The molecule has 2 fully saturated rings. The summed E-state index contributed by atoms with van der Waals surface area (Å²) in [4.78, 5) is 0. The van der Waals surface area contributed by atoms with Crippen LogP contribution in [-0.2, 0) is 9.47 Å². The molecule has 1 N–H and O–H groups in total. The predicted molar refractivity (Wildman–Crippen MR) is 64.6 cm³/mol. The van der Waals surface area contributed by atoms with Gasteiger partial charge in [-0.2, -0.15) is 0 Å². The summed E-state index contributed by atoms with van der Waals surface area (Å²) >= 11 is 0. The van der Waals surface area contributed by atoms with Gasteiger partial charge in [0.05, 0.1) is 19.8 Å². The number of ether oxygens (including phenoxy) is 2. The second kappa shape index (κ2) is 6.58. The lowest BCUT2D eigenvalue weighted by molar-refractivity contribution is 0.0901. The third kappa shape index (κ3) is 4.81. The molecule has 0 amide bonds. The van der Waals surface area contributed by atoms with E-state index in [9.17, 15) is 0 Å². The highest BCUT2D eigenvalue weighted by atomic mass is 16.5. The molecule has 16 heavy (non-hydrogen) atoms. The molecule has 94 valence electrons. The van der Waals surface area contributed by atoms with Gasteiger partial charge in [-0.3, -0.25) is 0 Å². The summed E-state index contributed by atoms with van der Waals surface area (Å²) in [5, 5.41) is 3.52. The molecule has 0 aromatic carbocycles. The molecule has 0 aromatic rings. The van der Waals surface area contributed by atoms with E-state index in [0.29, 0.717) is 12.0 Å². The van der Waals surface area contributed by atoms with E-state index in [1.165, 1.54) is 25.7 Å². The minimum absolute atomic E-state index is 0.642. The van der Waals surface area contributed by atoms with Gasteiger partial charge in [-0.05, 0) is 25.7 Å². The average Bonchev–Trinajstić information content (AvgIpc) is 2.93. The van der Waals surface area contributed by atoms with Crippen LogP contribution in [0.4, 0.5) is 0 Å². The Bertz CT molecular complexity index is 188. The first-order valence-corrected chi connectivity index (χ1v) is 6.73. The molecular weight excluding hydrogens is 202 g/mol. The van der Waals surface area contributed by atoms with E-state index in [4.69, 9.17) is 9.47 Å². The van der Waals surface area contributed by atoms with Crippen molar-refractivity contribution in [2.45, 2.75) is 38.6 Å². The van der Waals surface area contributed by atoms with Gasteiger partial charge in [0.2, 0.25) is 0 Å². The predicted octanol–water partition coefficient (Wildman–Crippen LogP) is 1.82. The standard InChI is InChI=1S/C13H25NO2/c1-11(8-12-2-3-12)14-5-7-16-10-13-4-6-15-9-13/h11-14H,2-10H2,1H3. The molecule has 1 saturated heterocycles. The van der Waals surface area contributed by atoms with Gasteiger partial charge in [0, 0.05) is 25.1 Å². The quantitative estimate of drug-likeness (QED) is 0.642. The maximum atomic E-state index is 5.65. The molecular formula is C13H25NO2. The molecule has 1 heterocycles. The SMILES string of the molecule is CC(CC1CC1)NCCOCC1CCOC1. The maximum Gasteiger partial charge on any atom is 0.0591 e. The monoisotopic (exact) mass is 227 g/mol. The van der Waals surface area contributed by atoms with E-state index in [1.54, 1.807) is 0 Å². The van der Waals surface area contributed by atoms with Crippen molar-refractivity contribution < 1.29 is 9.47 Å². The molecule has 2 unspecified atom stereocenters. The smallest absolute Gasteiger partial charge is 0.0591 e. The van der Waals surface area contributed by atoms with Crippen LogP contribution in [0.15, 0.2) is 0 Å². The number of nitrogens with one attached hydrogen (secondary N) is 1. The largest absolute Gasteiger partial charge is 0.381 e. The van der Waals surface area contributed by atoms with E-state index in [2.05, 4.69) is 12.2 Å². The molecule has 1 aliphatic heterocycles. The van der Waals surface area contributed by atoms with Crippen molar-refractivity contribution in [3.63, 3.8) is 0 Å². The second-order valence-corrected chi connectivity index (χ2v) is 5.34. The van der Waals surface area contributed by atoms with E-state index < -0.39 is 0 Å². The fourth-order valence-corrected chi connectivity index (χ4v) is 2.28. The van der Waals surface area contributed by atoms with Crippen LogP contribution in [0.1, 0.15) is 32.6 Å². The molecule has 3 nitrogen and oxygen atoms in total. The molecule has 1 saturated carbocycles. The van der Waals surface area contributed by atoms with E-state index in [-0.39, 0.29) is 0 Å². The lowest BCUT2D eigenvalue weighted by atomic mass is 10.1. The minimum Gasteiger partial charge on any atom is -0.381 e. The molecule has 0 spiro atoms. The summed E-state index contributed by atoms with van der Waals surface area (Å²) in [5.41, 5.74) is 0. The van der Waals surface area contributed by atoms with Gasteiger partial charge in [-0.15, -0.1) is 0 Å². The molecule has 3 heteroatoms. The van der Waals surface area contributed by atoms with Gasteiger partial charge in [-0.1, -0.05) is 12.8 Å². The van der Waals surface area contributed by atoms with Crippen molar-refractivity contribution in [3.8, 4) is 0 Å². The Morgan fingerprint density at radius 2 is 2.19 bits per heavy atom. The Labute approximate surface area is 98.9 Å². The van der Waals surface area contributed by atoms with Crippen molar-refractivity contribution >= 4 is 0 Å². The first-order valence-electron chi connectivity index (χ1n) is 6.73. The third-order valence-electron chi connectivity index (χ3n) is 3.50. The molecule has 2 atom stereocenters. The Kier molecular flexibility index (Phi) is 5.07. The number of hydrogen-bond donors (Lipinski definition) is 1. The van der Waals surface area contributed by atoms with E-state index in [0.717, 1.165) is 38.9 Å².